The van der Waals surface area contributed by atoms with Gasteiger partial charge in [0.2, 0.25) is 0 Å². The Bertz CT molecular complexity index is 228. The van der Waals surface area contributed by atoms with E-state index in [0.717, 1.165) is 12.8 Å². The zero-order chi connectivity index (χ0) is 12.0. The summed E-state index contributed by atoms with van der Waals surface area (Å²) in [5.41, 5.74) is 0.0314. The molecule has 0 radical (unpaired) electrons. The summed E-state index contributed by atoms with van der Waals surface area (Å²) in [5.74, 6) is -0.375. The van der Waals surface area contributed by atoms with Gasteiger partial charge in [-0.2, -0.15) is 0 Å². The molecule has 1 aliphatic carbocycles. The Hall–Kier alpha value is -0.650. The summed E-state index contributed by atoms with van der Waals surface area (Å²) in [6, 6.07) is 0. The molecule has 1 fully saturated rings. The number of hydrogen-bond acceptors (Lipinski definition) is 5. The topological polar surface area (TPSA) is 78.8 Å². The van der Waals surface area contributed by atoms with Crippen molar-refractivity contribution in [3.8, 4) is 0 Å². The molecule has 5 heteroatoms. The van der Waals surface area contributed by atoms with E-state index >= 15 is 0 Å². The molecule has 0 aromatic rings. The van der Waals surface area contributed by atoms with Crippen molar-refractivity contribution in [3.63, 3.8) is 0 Å². The summed E-state index contributed by atoms with van der Waals surface area (Å²) in [6.07, 6.45) is 1.37. The molecule has 5 nitrogen and oxygen atoms in total. The van der Waals surface area contributed by atoms with E-state index in [0.29, 0.717) is 19.7 Å². The maximum atomic E-state index is 11.0. The first kappa shape index (κ1) is 13.4. The van der Waals surface area contributed by atoms with E-state index in [9.17, 15) is 9.90 Å². The average molecular weight is 231 g/mol. The van der Waals surface area contributed by atoms with Crippen molar-refractivity contribution < 1.29 is 19.7 Å². The zero-order valence-corrected chi connectivity index (χ0v) is 9.74. The number of esters is 1. The van der Waals surface area contributed by atoms with Crippen molar-refractivity contribution in [3.05, 3.63) is 0 Å². The zero-order valence-electron chi connectivity index (χ0n) is 9.74. The quantitative estimate of drug-likeness (QED) is 0.498. The van der Waals surface area contributed by atoms with Crippen molar-refractivity contribution in [2.75, 3.05) is 26.3 Å². The molecule has 94 valence electrons. The molecule has 0 heterocycles. The van der Waals surface area contributed by atoms with Gasteiger partial charge in [0, 0.05) is 25.1 Å². The van der Waals surface area contributed by atoms with Crippen molar-refractivity contribution in [2.45, 2.75) is 32.3 Å². The Balaban J connectivity index is 2.06. The van der Waals surface area contributed by atoms with E-state index in [-0.39, 0.29) is 24.4 Å². The van der Waals surface area contributed by atoms with Crippen LogP contribution in [0.2, 0.25) is 0 Å². The Morgan fingerprint density at radius 1 is 1.56 bits per heavy atom. The van der Waals surface area contributed by atoms with Crippen LogP contribution in [0.25, 0.3) is 0 Å². The largest absolute Gasteiger partial charge is 0.466 e. The molecular weight excluding hydrogens is 210 g/mol. The molecule has 1 rings (SSSR count). The van der Waals surface area contributed by atoms with Gasteiger partial charge in [0.15, 0.2) is 0 Å². The number of hydrogen-bond donors (Lipinski definition) is 3. The van der Waals surface area contributed by atoms with Crippen LogP contribution in [0, 0.1) is 5.41 Å². The van der Waals surface area contributed by atoms with Gasteiger partial charge in [-0.15, -0.1) is 0 Å². The fourth-order valence-corrected chi connectivity index (χ4v) is 1.56. The highest BCUT2D eigenvalue weighted by Gasteiger charge is 2.41. The van der Waals surface area contributed by atoms with Crippen LogP contribution in [0.15, 0.2) is 0 Å². The first-order valence-corrected chi connectivity index (χ1v) is 5.77. The number of ether oxygens (including phenoxy) is 1. The Kier molecular flexibility index (Phi) is 5.18. The first-order valence-electron chi connectivity index (χ1n) is 5.77. The Labute approximate surface area is 95.8 Å². The van der Waals surface area contributed by atoms with Gasteiger partial charge in [-0.3, -0.25) is 4.79 Å². The first-order chi connectivity index (χ1) is 7.62. The highest BCUT2D eigenvalue weighted by molar-refractivity contribution is 5.69. The molecule has 16 heavy (non-hydrogen) atoms. The lowest BCUT2D eigenvalue weighted by Crippen LogP contribution is -2.34. The van der Waals surface area contributed by atoms with Crippen molar-refractivity contribution in [1.29, 1.82) is 0 Å². The van der Waals surface area contributed by atoms with Crippen LogP contribution in [0.5, 0.6) is 0 Å². The number of aliphatic hydroxyl groups excluding tert-OH is 2. The van der Waals surface area contributed by atoms with Gasteiger partial charge in [-0.25, -0.2) is 0 Å². The second-order valence-corrected chi connectivity index (χ2v) is 4.45. The number of carbonyl (C=O) groups excluding carboxylic acids is 1. The van der Waals surface area contributed by atoms with Crippen molar-refractivity contribution in [2.24, 2.45) is 5.41 Å². The van der Waals surface area contributed by atoms with Gasteiger partial charge in [0.1, 0.15) is 0 Å². The van der Waals surface area contributed by atoms with Gasteiger partial charge >= 0.3 is 5.97 Å². The van der Waals surface area contributed by atoms with E-state index in [4.69, 9.17) is 9.84 Å². The lowest BCUT2D eigenvalue weighted by molar-refractivity contribution is -0.145. The summed E-state index contributed by atoms with van der Waals surface area (Å²) in [7, 11) is 0. The van der Waals surface area contributed by atoms with E-state index < -0.39 is 6.10 Å². The lowest BCUT2D eigenvalue weighted by atomic mass is 10.1. The molecule has 3 N–H and O–H groups in total. The normalized spacial score (nSPS) is 19.2. The van der Waals surface area contributed by atoms with Crippen LogP contribution < -0.4 is 5.32 Å². The van der Waals surface area contributed by atoms with E-state index in [1.54, 1.807) is 6.92 Å². The third-order valence-corrected chi connectivity index (χ3v) is 2.88. The van der Waals surface area contributed by atoms with Gasteiger partial charge in [0.05, 0.1) is 19.1 Å². The maximum absolute atomic E-state index is 11.0. The lowest BCUT2D eigenvalue weighted by Gasteiger charge is -2.15. The van der Waals surface area contributed by atoms with Crippen molar-refractivity contribution >= 4 is 5.97 Å². The second-order valence-electron chi connectivity index (χ2n) is 4.45. The van der Waals surface area contributed by atoms with Crippen LogP contribution in [0.3, 0.4) is 0 Å². The summed E-state index contributed by atoms with van der Waals surface area (Å²) in [6.45, 7) is 3.32. The highest BCUT2D eigenvalue weighted by atomic mass is 16.5. The monoisotopic (exact) mass is 231 g/mol. The minimum absolute atomic E-state index is 0.0208. The summed E-state index contributed by atoms with van der Waals surface area (Å²) >= 11 is 0. The molecule has 1 atom stereocenters. The number of rotatable bonds is 8. The predicted molar refractivity (Wildman–Crippen MR) is 58.9 cm³/mol. The predicted octanol–water partition coefficient (Wildman–Crippen LogP) is -0.337. The fraction of sp³-hybridized carbons (Fsp3) is 0.909. The van der Waals surface area contributed by atoms with Crippen LogP contribution in [-0.2, 0) is 9.53 Å². The smallest absolute Gasteiger partial charge is 0.308 e. The third kappa shape index (κ3) is 4.47. The Morgan fingerprint density at radius 3 is 2.75 bits per heavy atom. The van der Waals surface area contributed by atoms with Gasteiger partial charge in [-0.05, 0) is 19.8 Å². The third-order valence-electron chi connectivity index (χ3n) is 2.88. The molecule has 0 bridgehead atoms. The minimum atomic E-state index is -0.714. The fourth-order valence-electron chi connectivity index (χ4n) is 1.56. The van der Waals surface area contributed by atoms with E-state index in [1.807, 2.05) is 0 Å². The molecule has 0 amide bonds. The summed E-state index contributed by atoms with van der Waals surface area (Å²) in [4.78, 5) is 11.0. The molecule has 1 aliphatic rings. The Morgan fingerprint density at radius 2 is 2.25 bits per heavy atom. The molecule has 0 aromatic carbocycles. The molecule has 0 aromatic heterocycles. The summed E-state index contributed by atoms with van der Waals surface area (Å²) in [5, 5.41) is 21.6. The SMILES string of the molecule is CCOC(=O)CC(O)CNCC1(CO)CC1. The standard InChI is InChI=1S/C11H21NO4/c1-2-16-10(15)5-9(14)6-12-7-11(8-13)3-4-11/h9,12-14H,2-8H2,1H3. The van der Waals surface area contributed by atoms with Crippen molar-refractivity contribution in [1.82, 2.24) is 5.32 Å². The molecular formula is C11H21NO4. The highest BCUT2D eigenvalue weighted by Crippen LogP contribution is 2.44. The van der Waals surface area contributed by atoms with E-state index in [1.165, 1.54) is 0 Å². The van der Waals surface area contributed by atoms with Gasteiger partial charge < -0.3 is 20.3 Å². The van der Waals surface area contributed by atoms with Gasteiger partial charge in [-0.1, -0.05) is 0 Å². The van der Waals surface area contributed by atoms with Crippen LogP contribution >= 0.6 is 0 Å². The summed E-state index contributed by atoms with van der Waals surface area (Å²) < 4.78 is 4.73. The maximum Gasteiger partial charge on any atom is 0.308 e. The number of aliphatic hydroxyl groups is 2. The molecule has 0 aliphatic heterocycles. The number of nitrogens with one attached hydrogen (secondary N) is 1. The van der Waals surface area contributed by atoms with Crippen LogP contribution in [0.1, 0.15) is 26.2 Å². The second kappa shape index (κ2) is 6.18. The molecule has 0 spiro atoms. The molecule has 0 saturated heterocycles. The average Bonchev–Trinajstić information content (AvgIpc) is 2.99. The molecule has 1 unspecified atom stereocenters. The van der Waals surface area contributed by atoms with Gasteiger partial charge in [0.25, 0.3) is 0 Å². The number of carbonyl (C=O) groups is 1. The molecule has 1 saturated carbocycles. The van der Waals surface area contributed by atoms with Crippen LogP contribution in [-0.4, -0.2) is 48.6 Å². The minimum Gasteiger partial charge on any atom is -0.466 e. The van der Waals surface area contributed by atoms with Crippen LogP contribution in [0.4, 0.5) is 0 Å². The van der Waals surface area contributed by atoms with E-state index in [2.05, 4.69) is 5.32 Å².